The Hall–Kier alpha value is -1.32. The van der Waals surface area contributed by atoms with Crippen molar-refractivity contribution >= 4 is 10.9 Å². The van der Waals surface area contributed by atoms with E-state index in [1.807, 2.05) is 0 Å². The largest absolute Gasteiger partial charge is 0.342 e. The van der Waals surface area contributed by atoms with Crippen LogP contribution in [0.3, 0.4) is 0 Å². The average Bonchev–Trinajstić information content (AvgIpc) is 2.55. The minimum Gasteiger partial charge on any atom is -0.342 e. The monoisotopic (exact) mass is 218 g/mol. The van der Waals surface area contributed by atoms with E-state index >= 15 is 0 Å². The van der Waals surface area contributed by atoms with Gasteiger partial charge in [-0.05, 0) is 38.5 Å². The Morgan fingerprint density at radius 1 is 1.38 bits per heavy atom. The van der Waals surface area contributed by atoms with Gasteiger partial charge in [0.25, 0.3) is 0 Å². The fourth-order valence-electron chi connectivity index (χ4n) is 2.35. The van der Waals surface area contributed by atoms with E-state index < -0.39 is 0 Å². The second-order valence-electron chi connectivity index (χ2n) is 4.41. The summed E-state index contributed by atoms with van der Waals surface area (Å²) in [6.07, 6.45) is 0. The van der Waals surface area contributed by atoms with Crippen LogP contribution < -0.4 is 5.90 Å². The lowest BCUT2D eigenvalue weighted by molar-refractivity contribution is 0.125. The Morgan fingerprint density at radius 3 is 2.75 bits per heavy atom. The van der Waals surface area contributed by atoms with E-state index in [1.54, 1.807) is 0 Å². The summed E-state index contributed by atoms with van der Waals surface area (Å²) in [4.78, 5) is 4.74. The predicted octanol–water partition coefficient (Wildman–Crippen LogP) is 2.92. The zero-order valence-corrected chi connectivity index (χ0v) is 10.0. The van der Waals surface area contributed by atoms with Gasteiger partial charge in [0.05, 0.1) is 6.61 Å². The molecule has 0 fully saturated rings. The summed E-state index contributed by atoms with van der Waals surface area (Å²) in [5, 5.41) is 1.24. The van der Waals surface area contributed by atoms with Crippen molar-refractivity contribution in [1.82, 2.24) is 4.57 Å². The van der Waals surface area contributed by atoms with Crippen molar-refractivity contribution in [3.05, 3.63) is 35.5 Å². The second-order valence-corrected chi connectivity index (χ2v) is 4.41. The van der Waals surface area contributed by atoms with Gasteiger partial charge in [-0.25, -0.2) is 5.90 Å². The fraction of sp³-hybridized carbons (Fsp3) is 0.385. The zero-order valence-electron chi connectivity index (χ0n) is 10.0. The van der Waals surface area contributed by atoms with Crippen molar-refractivity contribution in [2.45, 2.75) is 33.4 Å². The summed E-state index contributed by atoms with van der Waals surface area (Å²) in [6, 6.07) is 8.91. The van der Waals surface area contributed by atoms with Gasteiger partial charge in [0.15, 0.2) is 0 Å². The molecule has 1 heterocycles. The minimum atomic E-state index is 0.457. The minimum absolute atomic E-state index is 0.457. The number of rotatable bonds is 3. The maximum atomic E-state index is 5.15. The van der Waals surface area contributed by atoms with Gasteiger partial charge in [0, 0.05) is 22.6 Å². The van der Waals surface area contributed by atoms with Gasteiger partial charge in [-0.2, -0.15) is 0 Å². The van der Waals surface area contributed by atoms with Crippen molar-refractivity contribution in [2.24, 2.45) is 5.90 Å². The van der Waals surface area contributed by atoms with Crippen LogP contribution in [0.5, 0.6) is 0 Å². The summed E-state index contributed by atoms with van der Waals surface area (Å²) in [7, 11) is 0. The van der Waals surface area contributed by atoms with Gasteiger partial charge in [-0.1, -0.05) is 12.1 Å². The third-order valence-corrected chi connectivity index (χ3v) is 2.92. The van der Waals surface area contributed by atoms with E-state index in [0.717, 1.165) is 5.56 Å². The van der Waals surface area contributed by atoms with Crippen molar-refractivity contribution in [3.8, 4) is 0 Å². The molecule has 1 aromatic heterocycles. The van der Waals surface area contributed by atoms with E-state index in [4.69, 9.17) is 10.7 Å². The van der Waals surface area contributed by atoms with Crippen molar-refractivity contribution < 1.29 is 4.84 Å². The van der Waals surface area contributed by atoms with E-state index in [2.05, 4.69) is 49.6 Å². The van der Waals surface area contributed by atoms with Crippen molar-refractivity contribution in [1.29, 1.82) is 0 Å². The molecule has 0 atom stereocenters. The molecule has 0 bridgehead atoms. The third kappa shape index (κ3) is 1.72. The first-order chi connectivity index (χ1) is 7.65. The molecule has 0 aliphatic carbocycles. The third-order valence-electron chi connectivity index (χ3n) is 2.92. The maximum Gasteiger partial charge on any atom is 0.0936 e. The van der Waals surface area contributed by atoms with Crippen LogP contribution in [0.4, 0.5) is 0 Å². The molecule has 1 aromatic carbocycles. The average molecular weight is 218 g/mol. The van der Waals surface area contributed by atoms with Crippen LogP contribution in [-0.2, 0) is 11.4 Å². The lowest BCUT2D eigenvalue weighted by Gasteiger charge is -2.12. The number of hydrogen-bond donors (Lipinski definition) is 1. The van der Waals surface area contributed by atoms with Crippen molar-refractivity contribution in [2.75, 3.05) is 0 Å². The standard InChI is InChI=1S/C13H18N2O/c1-9(2)15-10(3)7-12-11(8-16-14)5-4-6-13(12)15/h4-7,9H,8,14H2,1-3H3. The van der Waals surface area contributed by atoms with E-state index in [0.29, 0.717) is 12.6 Å². The molecule has 3 nitrogen and oxygen atoms in total. The molecule has 16 heavy (non-hydrogen) atoms. The fourth-order valence-corrected chi connectivity index (χ4v) is 2.35. The van der Waals surface area contributed by atoms with Gasteiger partial charge in [-0.15, -0.1) is 0 Å². The van der Waals surface area contributed by atoms with Crippen LogP contribution in [-0.4, -0.2) is 4.57 Å². The highest BCUT2D eigenvalue weighted by Crippen LogP contribution is 2.26. The Labute approximate surface area is 95.8 Å². The normalized spacial score (nSPS) is 11.6. The lowest BCUT2D eigenvalue weighted by atomic mass is 10.1. The molecule has 0 aliphatic heterocycles. The molecule has 0 unspecified atom stereocenters. The molecular formula is C13H18N2O. The molecule has 2 rings (SSSR count). The molecule has 0 aliphatic rings. The molecule has 3 heteroatoms. The van der Waals surface area contributed by atoms with Gasteiger partial charge in [-0.3, -0.25) is 4.84 Å². The molecule has 86 valence electrons. The van der Waals surface area contributed by atoms with Gasteiger partial charge in [0.2, 0.25) is 0 Å². The molecule has 2 aromatic rings. The number of nitrogens with two attached hydrogens (primary N) is 1. The number of benzene rings is 1. The SMILES string of the molecule is Cc1cc2c(CON)cccc2n1C(C)C. The molecular weight excluding hydrogens is 200 g/mol. The predicted molar refractivity (Wildman–Crippen MR) is 66.0 cm³/mol. The van der Waals surface area contributed by atoms with E-state index in [-0.39, 0.29) is 0 Å². The highest BCUT2D eigenvalue weighted by Gasteiger charge is 2.10. The summed E-state index contributed by atoms with van der Waals surface area (Å²) in [5.74, 6) is 5.15. The Balaban J connectivity index is 2.67. The molecule has 0 amide bonds. The summed E-state index contributed by atoms with van der Waals surface area (Å²) in [6.45, 7) is 6.98. The Kier molecular flexibility index (Phi) is 2.99. The first-order valence-electron chi connectivity index (χ1n) is 5.56. The lowest BCUT2D eigenvalue weighted by Crippen LogP contribution is -2.02. The van der Waals surface area contributed by atoms with Crippen LogP contribution in [0, 0.1) is 6.92 Å². The number of hydrogen-bond acceptors (Lipinski definition) is 2. The number of aryl methyl sites for hydroxylation is 1. The number of fused-ring (bicyclic) bond motifs is 1. The van der Waals surface area contributed by atoms with Crippen LogP contribution in [0.25, 0.3) is 10.9 Å². The first-order valence-corrected chi connectivity index (χ1v) is 5.56. The number of nitrogens with zero attached hydrogens (tertiary/aromatic N) is 1. The first kappa shape index (κ1) is 11.2. The van der Waals surface area contributed by atoms with Gasteiger partial charge in [0.1, 0.15) is 0 Å². The van der Waals surface area contributed by atoms with Crippen LogP contribution in [0.15, 0.2) is 24.3 Å². The highest BCUT2D eigenvalue weighted by molar-refractivity contribution is 5.84. The molecule has 0 saturated heterocycles. The molecule has 0 spiro atoms. The molecule has 0 radical (unpaired) electrons. The second kappa shape index (κ2) is 4.28. The summed E-state index contributed by atoms with van der Waals surface area (Å²) >= 11 is 0. The van der Waals surface area contributed by atoms with E-state index in [9.17, 15) is 0 Å². The van der Waals surface area contributed by atoms with Crippen molar-refractivity contribution in [3.63, 3.8) is 0 Å². The zero-order chi connectivity index (χ0) is 11.7. The van der Waals surface area contributed by atoms with E-state index in [1.165, 1.54) is 16.6 Å². The Morgan fingerprint density at radius 2 is 2.12 bits per heavy atom. The van der Waals surface area contributed by atoms with Crippen LogP contribution in [0.1, 0.15) is 31.1 Å². The molecule has 2 N–H and O–H groups in total. The summed E-state index contributed by atoms with van der Waals surface area (Å²) in [5.41, 5.74) is 3.67. The quantitative estimate of drug-likeness (QED) is 0.805. The van der Waals surface area contributed by atoms with Gasteiger partial charge < -0.3 is 4.57 Å². The number of aromatic nitrogens is 1. The van der Waals surface area contributed by atoms with Crippen LogP contribution >= 0.6 is 0 Å². The highest BCUT2D eigenvalue weighted by atomic mass is 16.6. The molecule has 0 saturated carbocycles. The van der Waals surface area contributed by atoms with Gasteiger partial charge >= 0.3 is 0 Å². The smallest absolute Gasteiger partial charge is 0.0936 e. The van der Waals surface area contributed by atoms with Crippen LogP contribution in [0.2, 0.25) is 0 Å². The topological polar surface area (TPSA) is 40.2 Å². The maximum absolute atomic E-state index is 5.15. The Bertz CT molecular complexity index is 500. The summed E-state index contributed by atoms with van der Waals surface area (Å²) < 4.78 is 2.33.